The molecule has 0 bridgehead atoms. The number of sulfonamides is 1. The Kier molecular flexibility index (Phi) is 3.63. The second-order valence-electron chi connectivity index (χ2n) is 4.38. The smallest absolute Gasteiger partial charge is 0.260 e. The number of nitrogens with zero attached hydrogens (tertiary/aromatic N) is 1. The third-order valence-electron chi connectivity index (χ3n) is 3.12. The van der Waals surface area contributed by atoms with Crippen LogP contribution >= 0.6 is 0 Å². The molecule has 5 nitrogen and oxygen atoms in total. The number of nitrogens with two attached hydrogens (primary N) is 1. The summed E-state index contributed by atoms with van der Waals surface area (Å²) in [5.41, 5.74) is 5.78. The highest BCUT2D eigenvalue weighted by Crippen LogP contribution is 2.28. The fourth-order valence-corrected chi connectivity index (χ4v) is 2.98. The van der Waals surface area contributed by atoms with Gasteiger partial charge in [0.05, 0.1) is 5.69 Å². The van der Waals surface area contributed by atoms with E-state index in [0.29, 0.717) is 12.5 Å². The van der Waals surface area contributed by atoms with Gasteiger partial charge in [-0.25, -0.2) is 18.1 Å². The van der Waals surface area contributed by atoms with E-state index in [9.17, 15) is 8.42 Å². The number of nitrogen functional groups attached to an aromatic ring is 1. The minimum atomic E-state index is -3.56. The van der Waals surface area contributed by atoms with Crippen molar-refractivity contribution in [1.29, 1.82) is 0 Å². The Hall–Kier alpha value is -1.14. The molecule has 1 aliphatic carbocycles. The zero-order chi connectivity index (χ0) is 12.3. The number of hydrogen-bond acceptors (Lipinski definition) is 4. The van der Waals surface area contributed by atoms with Crippen molar-refractivity contribution in [3.63, 3.8) is 0 Å². The summed E-state index contributed by atoms with van der Waals surface area (Å²) >= 11 is 0. The van der Waals surface area contributed by atoms with E-state index in [2.05, 4.69) is 9.71 Å². The van der Waals surface area contributed by atoms with Crippen molar-refractivity contribution in [3.8, 4) is 0 Å². The van der Waals surface area contributed by atoms with Gasteiger partial charge in [-0.05, 0) is 24.5 Å². The molecule has 1 aromatic heterocycles. The predicted molar refractivity (Wildman–Crippen MR) is 65.8 cm³/mol. The molecule has 0 aromatic carbocycles. The van der Waals surface area contributed by atoms with Crippen molar-refractivity contribution in [2.24, 2.45) is 5.92 Å². The lowest BCUT2D eigenvalue weighted by Crippen LogP contribution is -2.28. The summed E-state index contributed by atoms with van der Waals surface area (Å²) in [5.74, 6) is 0.679. The Morgan fingerprint density at radius 1 is 1.47 bits per heavy atom. The van der Waals surface area contributed by atoms with Gasteiger partial charge >= 0.3 is 0 Å². The zero-order valence-corrected chi connectivity index (χ0v) is 10.4. The molecule has 0 saturated heterocycles. The molecular formula is C11H17N3O2S. The Morgan fingerprint density at radius 3 is 2.82 bits per heavy atom. The monoisotopic (exact) mass is 255 g/mol. The van der Waals surface area contributed by atoms with Gasteiger partial charge in [-0.15, -0.1) is 0 Å². The van der Waals surface area contributed by atoms with Gasteiger partial charge in [-0.1, -0.05) is 19.3 Å². The van der Waals surface area contributed by atoms with Crippen LogP contribution in [0, 0.1) is 5.92 Å². The van der Waals surface area contributed by atoms with E-state index < -0.39 is 10.0 Å². The first-order valence-corrected chi connectivity index (χ1v) is 7.28. The molecule has 1 aliphatic rings. The Bertz CT molecular complexity index is 483. The maximum Gasteiger partial charge on any atom is 0.260 e. The Balaban J connectivity index is 1.96. The first-order chi connectivity index (χ1) is 8.09. The molecule has 0 amide bonds. The molecule has 0 unspecified atom stereocenters. The molecule has 0 spiro atoms. The zero-order valence-electron chi connectivity index (χ0n) is 9.59. The van der Waals surface area contributed by atoms with Crippen LogP contribution in [0.1, 0.15) is 25.7 Å². The standard InChI is InChI=1S/C11H17N3O2S/c12-10-5-2-7-13-11(10)17(15,16)14-8-6-9-3-1-4-9/h2,5,7,9,14H,1,3-4,6,8,12H2. The molecule has 0 aliphatic heterocycles. The Morgan fingerprint density at radius 2 is 2.24 bits per heavy atom. The van der Waals surface area contributed by atoms with Crippen LogP contribution < -0.4 is 10.5 Å². The van der Waals surface area contributed by atoms with Crippen molar-refractivity contribution in [1.82, 2.24) is 9.71 Å². The van der Waals surface area contributed by atoms with E-state index in [4.69, 9.17) is 5.73 Å². The third kappa shape index (κ3) is 2.95. The molecular weight excluding hydrogens is 238 g/mol. The maximum atomic E-state index is 11.9. The third-order valence-corrected chi connectivity index (χ3v) is 4.56. The summed E-state index contributed by atoms with van der Waals surface area (Å²) in [7, 11) is -3.56. The fraction of sp³-hybridized carbons (Fsp3) is 0.545. The topological polar surface area (TPSA) is 85.1 Å². The lowest BCUT2D eigenvalue weighted by atomic mass is 9.83. The number of anilines is 1. The lowest BCUT2D eigenvalue weighted by Gasteiger charge is -2.25. The maximum absolute atomic E-state index is 11.9. The number of pyridine rings is 1. The first kappa shape index (κ1) is 12.3. The van der Waals surface area contributed by atoms with Gasteiger partial charge in [0.2, 0.25) is 0 Å². The normalized spacial score (nSPS) is 16.7. The molecule has 6 heteroatoms. The van der Waals surface area contributed by atoms with Crippen molar-refractivity contribution >= 4 is 15.7 Å². The first-order valence-electron chi connectivity index (χ1n) is 5.80. The van der Waals surface area contributed by atoms with Gasteiger partial charge in [0, 0.05) is 12.7 Å². The molecule has 1 heterocycles. The van der Waals surface area contributed by atoms with Crippen LogP contribution in [-0.2, 0) is 10.0 Å². The van der Waals surface area contributed by atoms with Crippen LogP contribution in [0.25, 0.3) is 0 Å². The molecule has 1 saturated carbocycles. The summed E-state index contributed by atoms with van der Waals surface area (Å²) in [5, 5.41) is -0.0754. The van der Waals surface area contributed by atoms with Crippen molar-refractivity contribution in [2.45, 2.75) is 30.7 Å². The van der Waals surface area contributed by atoms with Crippen LogP contribution in [0.3, 0.4) is 0 Å². The number of hydrogen-bond donors (Lipinski definition) is 2. The number of rotatable bonds is 5. The second kappa shape index (κ2) is 5.01. The fourth-order valence-electron chi connectivity index (χ4n) is 1.88. The lowest BCUT2D eigenvalue weighted by molar-refractivity contribution is 0.297. The molecule has 0 radical (unpaired) electrons. The van der Waals surface area contributed by atoms with Gasteiger partial charge in [0.25, 0.3) is 10.0 Å². The van der Waals surface area contributed by atoms with Crippen LogP contribution in [0.5, 0.6) is 0 Å². The predicted octanol–water partition coefficient (Wildman–Crippen LogP) is 1.13. The van der Waals surface area contributed by atoms with Gasteiger partial charge < -0.3 is 5.73 Å². The average molecular weight is 255 g/mol. The van der Waals surface area contributed by atoms with Crippen molar-refractivity contribution < 1.29 is 8.42 Å². The van der Waals surface area contributed by atoms with Crippen molar-refractivity contribution in [2.75, 3.05) is 12.3 Å². The second-order valence-corrected chi connectivity index (χ2v) is 6.06. The minimum absolute atomic E-state index is 0.0754. The largest absolute Gasteiger partial charge is 0.396 e. The van der Waals surface area contributed by atoms with E-state index in [1.807, 2.05) is 0 Å². The highest BCUT2D eigenvalue weighted by atomic mass is 32.2. The number of aromatic nitrogens is 1. The molecule has 17 heavy (non-hydrogen) atoms. The molecule has 0 atom stereocenters. The van der Waals surface area contributed by atoms with Crippen LogP contribution in [0.15, 0.2) is 23.4 Å². The quantitative estimate of drug-likeness (QED) is 0.826. The van der Waals surface area contributed by atoms with Gasteiger partial charge in [0.1, 0.15) is 0 Å². The molecule has 2 rings (SSSR count). The molecule has 1 fully saturated rings. The van der Waals surface area contributed by atoms with Crippen LogP contribution in [0.4, 0.5) is 5.69 Å². The molecule has 94 valence electrons. The Labute approximate surface area is 101 Å². The summed E-state index contributed by atoms with van der Waals surface area (Å²) < 4.78 is 26.3. The molecule has 3 N–H and O–H groups in total. The van der Waals surface area contributed by atoms with E-state index in [-0.39, 0.29) is 10.7 Å². The van der Waals surface area contributed by atoms with Gasteiger partial charge in [-0.3, -0.25) is 0 Å². The number of nitrogens with one attached hydrogen (secondary N) is 1. The summed E-state index contributed by atoms with van der Waals surface area (Å²) in [6.07, 6.45) is 6.02. The highest BCUT2D eigenvalue weighted by Gasteiger charge is 2.21. The van der Waals surface area contributed by atoms with E-state index in [0.717, 1.165) is 6.42 Å². The van der Waals surface area contributed by atoms with Gasteiger partial charge in [-0.2, -0.15) is 0 Å². The van der Waals surface area contributed by atoms with Gasteiger partial charge in [0.15, 0.2) is 5.03 Å². The van der Waals surface area contributed by atoms with E-state index in [1.165, 1.54) is 31.5 Å². The molecule has 1 aromatic rings. The minimum Gasteiger partial charge on any atom is -0.396 e. The van der Waals surface area contributed by atoms with E-state index in [1.54, 1.807) is 6.07 Å². The van der Waals surface area contributed by atoms with E-state index >= 15 is 0 Å². The van der Waals surface area contributed by atoms with Crippen LogP contribution in [-0.4, -0.2) is 19.9 Å². The SMILES string of the molecule is Nc1cccnc1S(=O)(=O)NCCC1CCC1. The van der Waals surface area contributed by atoms with Crippen LogP contribution in [0.2, 0.25) is 0 Å². The summed E-state index contributed by atoms with van der Waals surface area (Å²) in [6.45, 7) is 0.461. The van der Waals surface area contributed by atoms with Crippen molar-refractivity contribution in [3.05, 3.63) is 18.3 Å². The summed E-state index contributed by atoms with van der Waals surface area (Å²) in [6, 6.07) is 3.15. The highest BCUT2D eigenvalue weighted by molar-refractivity contribution is 7.89. The average Bonchev–Trinajstić information content (AvgIpc) is 2.22. The summed E-state index contributed by atoms with van der Waals surface area (Å²) in [4.78, 5) is 3.81.